The minimum atomic E-state index is -0.589. The number of ether oxygens (including phenoxy) is 3. The number of hydrogen-bond acceptors (Lipinski definition) is 5. The largest absolute Gasteiger partial charge is 0.497 e. The van der Waals surface area contributed by atoms with Gasteiger partial charge in [-0.05, 0) is 48.2 Å². The molecule has 1 fully saturated rings. The molecule has 0 unspecified atom stereocenters. The quantitative estimate of drug-likeness (QED) is 0.636. The Morgan fingerprint density at radius 2 is 1.53 bits per heavy atom. The summed E-state index contributed by atoms with van der Waals surface area (Å²) in [4.78, 5) is 29.0. The normalized spacial score (nSPS) is 20.8. The third kappa shape index (κ3) is 4.56. The first-order valence-corrected chi connectivity index (χ1v) is 12.0. The molecule has 2 amide bonds. The fourth-order valence-electron chi connectivity index (χ4n) is 5.26. The van der Waals surface area contributed by atoms with Crippen LogP contribution in [-0.4, -0.2) is 51.1 Å². The zero-order chi connectivity index (χ0) is 24.2. The number of carbonyl (C=O) groups excluding carboxylic acids is 2. The van der Waals surface area contributed by atoms with Crippen LogP contribution in [0.25, 0.3) is 0 Å². The number of hydrogen-bond donors (Lipinski definition) is 1. The van der Waals surface area contributed by atoms with Crippen molar-refractivity contribution < 1.29 is 23.8 Å². The van der Waals surface area contributed by atoms with E-state index in [0.29, 0.717) is 22.6 Å². The maximum atomic E-state index is 13.9. The highest BCUT2D eigenvalue weighted by molar-refractivity contribution is 6.02. The number of nitrogens with zero attached hydrogens (tertiary/aromatic N) is 1. The molecule has 1 aliphatic carbocycles. The first-order chi connectivity index (χ1) is 16.5. The molecule has 2 aromatic carbocycles. The van der Waals surface area contributed by atoms with Gasteiger partial charge in [-0.3, -0.25) is 9.59 Å². The van der Waals surface area contributed by atoms with Crippen molar-refractivity contribution in [2.24, 2.45) is 0 Å². The summed E-state index contributed by atoms with van der Waals surface area (Å²) in [6, 6.07) is 10.7. The molecule has 0 spiro atoms. The first-order valence-electron chi connectivity index (χ1n) is 12.0. The van der Waals surface area contributed by atoms with Crippen LogP contribution >= 0.6 is 0 Å². The Hall–Kier alpha value is -3.22. The molecule has 34 heavy (non-hydrogen) atoms. The smallest absolute Gasteiger partial charge is 0.254 e. The van der Waals surface area contributed by atoms with Crippen molar-refractivity contribution in [3.63, 3.8) is 0 Å². The average Bonchev–Trinajstić information content (AvgIpc) is 3.13. The molecular formula is C27H34N2O5. The van der Waals surface area contributed by atoms with Crippen molar-refractivity contribution in [2.45, 2.75) is 56.5 Å². The molecule has 182 valence electrons. The molecule has 2 aromatic rings. The van der Waals surface area contributed by atoms with Gasteiger partial charge in [0.15, 0.2) is 11.5 Å². The van der Waals surface area contributed by atoms with E-state index in [-0.39, 0.29) is 17.9 Å². The molecule has 0 aromatic heterocycles. The fraction of sp³-hybridized carbons (Fsp3) is 0.481. The van der Waals surface area contributed by atoms with Crippen LogP contribution < -0.4 is 19.5 Å². The lowest BCUT2D eigenvalue weighted by atomic mass is 9.79. The molecule has 7 heteroatoms. The molecule has 7 nitrogen and oxygen atoms in total. The minimum Gasteiger partial charge on any atom is -0.497 e. The zero-order valence-electron chi connectivity index (χ0n) is 20.4. The monoisotopic (exact) mass is 466 g/mol. The number of carbonyl (C=O) groups is 2. The highest BCUT2D eigenvalue weighted by atomic mass is 16.5. The number of fused-ring (bicyclic) bond motifs is 1. The summed E-state index contributed by atoms with van der Waals surface area (Å²) in [5.74, 6) is 0.873. The number of rotatable bonds is 6. The molecule has 1 saturated carbocycles. The second-order valence-corrected chi connectivity index (χ2v) is 9.10. The highest BCUT2D eigenvalue weighted by Gasteiger charge is 2.44. The molecule has 1 heterocycles. The lowest BCUT2D eigenvalue weighted by Gasteiger charge is -2.40. The van der Waals surface area contributed by atoms with Gasteiger partial charge in [-0.15, -0.1) is 0 Å². The van der Waals surface area contributed by atoms with Gasteiger partial charge in [0.05, 0.1) is 33.3 Å². The van der Waals surface area contributed by atoms with Gasteiger partial charge in [0.25, 0.3) is 5.91 Å². The Morgan fingerprint density at radius 1 is 0.912 bits per heavy atom. The van der Waals surface area contributed by atoms with E-state index in [0.717, 1.165) is 37.0 Å². The Bertz CT molecular complexity index is 1030. The third-order valence-corrected chi connectivity index (χ3v) is 7.12. The van der Waals surface area contributed by atoms with Crippen LogP contribution in [0, 0.1) is 0 Å². The summed E-state index contributed by atoms with van der Waals surface area (Å²) in [5, 5.41) is 3.32. The summed E-state index contributed by atoms with van der Waals surface area (Å²) in [5.41, 5.74) is 2.00. The minimum absolute atomic E-state index is 0.0689. The number of benzene rings is 2. The van der Waals surface area contributed by atoms with Gasteiger partial charge >= 0.3 is 0 Å². The van der Waals surface area contributed by atoms with Crippen LogP contribution in [0.4, 0.5) is 0 Å². The van der Waals surface area contributed by atoms with Crippen molar-refractivity contribution in [3.05, 3.63) is 53.1 Å². The van der Waals surface area contributed by atoms with Crippen molar-refractivity contribution in [1.29, 1.82) is 0 Å². The van der Waals surface area contributed by atoms with E-state index in [1.54, 1.807) is 38.3 Å². The van der Waals surface area contributed by atoms with E-state index >= 15 is 0 Å². The van der Waals surface area contributed by atoms with Crippen molar-refractivity contribution in [2.75, 3.05) is 28.4 Å². The molecule has 1 aliphatic heterocycles. The second kappa shape index (κ2) is 10.4. The third-order valence-electron chi connectivity index (χ3n) is 7.12. The van der Waals surface area contributed by atoms with E-state index in [1.807, 2.05) is 24.3 Å². The number of nitrogens with one attached hydrogen (secondary N) is 1. The van der Waals surface area contributed by atoms with Gasteiger partial charge in [-0.2, -0.15) is 0 Å². The average molecular weight is 467 g/mol. The Morgan fingerprint density at radius 3 is 2.12 bits per heavy atom. The summed E-state index contributed by atoms with van der Waals surface area (Å²) >= 11 is 0. The van der Waals surface area contributed by atoms with Gasteiger partial charge in [0.1, 0.15) is 5.75 Å². The summed E-state index contributed by atoms with van der Waals surface area (Å²) in [6.45, 7) is 0. The van der Waals surface area contributed by atoms with Gasteiger partial charge in [-0.25, -0.2) is 0 Å². The SMILES string of the molecule is COc1ccc([C@H]2[C@H](C(=O)NC3CCCCCC3)c3cc(OC)c(OC)cc3C(=O)N2C)cc1. The Balaban J connectivity index is 1.80. The number of likely N-dealkylation sites (N-methyl/N-ethyl adjacent to an activating group) is 1. The maximum Gasteiger partial charge on any atom is 0.254 e. The topological polar surface area (TPSA) is 77.1 Å². The van der Waals surface area contributed by atoms with E-state index in [1.165, 1.54) is 20.0 Å². The van der Waals surface area contributed by atoms with E-state index in [4.69, 9.17) is 14.2 Å². The lowest BCUT2D eigenvalue weighted by Crippen LogP contribution is -2.47. The Kier molecular flexibility index (Phi) is 7.29. The van der Waals surface area contributed by atoms with Gasteiger partial charge in [-0.1, -0.05) is 37.8 Å². The predicted octanol–water partition coefficient (Wildman–Crippen LogP) is 4.46. The van der Waals surface area contributed by atoms with Crippen LogP contribution in [-0.2, 0) is 4.79 Å². The van der Waals surface area contributed by atoms with Crippen LogP contribution in [0.2, 0.25) is 0 Å². The fourth-order valence-corrected chi connectivity index (χ4v) is 5.26. The number of methoxy groups -OCH3 is 3. The molecule has 0 bridgehead atoms. The Labute approximate surface area is 201 Å². The van der Waals surface area contributed by atoms with Gasteiger partial charge in [0, 0.05) is 18.7 Å². The molecule has 4 rings (SSSR count). The molecule has 2 atom stereocenters. The molecule has 1 N–H and O–H groups in total. The van der Waals surface area contributed by atoms with Crippen LogP contribution in [0.1, 0.15) is 72.0 Å². The highest BCUT2D eigenvalue weighted by Crippen LogP contribution is 2.46. The lowest BCUT2D eigenvalue weighted by molar-refractivity contribution is -0.124. The summed E-state index contributed by atoms with van der Waals surface area (Å²) in [7, 11) is 6.47. The second-order valence-electron chi connectivity index (χ2n) is 9.10. The molecule has 2 aliphatic rings. The summed E-state index contributed by atoms with van der Waals surface area (Å²) < 4.78 is 16.3. The van der Waals surface area contributed by atoms with Crippen molar-refractivity contribution in [1.82, 2.24) is 10.2 Å². The van der Waals surface area contributed by atoms with E-state index < -0.39 is 12.0 Å². The molecule has 0 saturated heterocycles. The van der Waals surface area contributed by atoms with Crippen molar-refractivity contribution in [3.8, 4) is 17.2 Å². The van der Waals surface area contributed by atoms with Crippen LogP contribution in [0.3, 0.4) is 0 Å². The molecule has 0 radical (unpaired) electrons. The zero-order valence-corrected chi connectivity index (χ0v) is 20.4. The van der Waals surface area contributed by atoms with E-state index in [2.05, 4.69) is 5.32 Å². The molecular weight excluding hydrogens is 432 g/mol. The van der Waals surface area contributed by atoms with Gasteiger partial charge in [0.2, 0.25) is 5.91 Å². The predicted molar refractivity (Wildman–Crippen MR) is 130 cm³/mol. The maximum absolute atomic E-state index is 13.9. The first kappa shape index (κ1) is 23.9. The van der Waals surface area contributed by atoms with E-state index in [9.17, 15) is 9.59 Å². The number of amides is 2. The van der Waals surface area contributed by atoms with Gasteiger partial charge < -0.3 is 24.4 Å². The summed E-state index contributed by atoms with van der Waals surface area (Å²) in [6.07, 6.45) is 6.64. The van der Waals surface area contributed by atoms with Crippen molar-refractivity contribution >= 4 is 11.8 Å². The van der Waals surface area contributed by atoms with Crippen LogP contribution in [0.15, 0.2) is 36.4 Å². The van der Waals surface area contributed by atoms with Crippen LogP contribution in [0.5, 0.6) is 17.2 Å². The standard InChI is InChI=1S/C27H34N2O5/c1-29-25(17-11-13-19(32-2)14-12-17)24(26(30)28-18-9-7-5-6-8-10-18)20-15-22(33-3)23(34-4)16-21(20)27(29)31/h11-16,18,24-25H,5-10H2,1-4H3,(H,28,30)/t24-,25+/m1/s1.